The fourth-order valence-corrected chi connectivity index (χ4v) is 2.80. The third-order valence-electron chi connectivity index (χ3n) is 4.00. The van der Waals surface area contributed by atoms with Crippen molar-refractivity contribution in [1.82, 2.24) is 0 Å². The Labute approximate surface area is 122 Å². The van der Waals surface area contributed by atoms with E-state index in [2.05, 4.69) is 0 Å². The minimum atomic E-state index is -4.36. The second-order valence-electron chi connectivity index (χ2n) is 5.43. The number of rotatable bonds is 4. The topological polar surface area (TPSA) is 38.5 Å². The average Bonchev–Trinajstić information content (AvgIpc) is 2.47. The van der Waals surface area contributed by atoms with E-state index in [1.807, 2.05) is 4.90 Å². The van der Waals surface area contributed by atoms with E-state index >= 15 is 0 Å². The van der Waals surface area contributed by atoms with Crippen molar-refractivity contribution in [2.24, 2.45) is 11.7 Å². The number of hydrogen-bond acceptors (Lipinski definition) is 3. The van der Waals surface area contributed by atoms with Crippen molar-refractivity contribution in [3.63, 3.8) is 0 Å². The zero-order valence-corrected chi connectivity index (χ0v) is 12.1. The molecule has 0 aliphatic carbocycles. The molecule has 1 fully saturated rings. The van der Waals surface area contributed by atoms with Crippen LogP contribution in [0.5, 0.6) is 0 Å². The van der Waals surface area contributed by atoms with E-state index in [0.29, 0.717) is 18.2 Å². The van der Waals surface area contributed by atoms with Crippen molar-refractivity contribution < 1.29 is 17.9 Å². The summed E-state index contributed by atoms with van der Waals surface area (Å²) >= 11 is 0. The summed E-state index contributed by atoms with van der Waals surface area (Å²) in [4.78, 5) is 2.00. The monoisotopic (exact) mass is 302 g/mol. The van der Waals surface area contributed by atoms with Crippen LogP contribution in [-0.2, 0) is 17.5 Å². The third kappa shape index (κ3) is 3.89. The third-order valence-corrected chi connectivity index (χ3v) is 4.00. The summed E-state index contributed by atoms with van der Waals surface area (Å²) in [5.74, 6) is 0.497. The van der Waals surface area contributed by atoms with Crippen LogP contribution in [0.3, 0.4) is 0 Å². The van der Waals surface area contributed by atoms with Gasteiger partial charge in [-0.25, -0.2) is 0 Å². The number of piperidine rings is 1. The maximum absolute atomic E-state index is 13.1. The number of nitrogens with zero attached hydrogens (tertiary/aromatic N) is 1. The van der Waals surface area contributed by atoms with E-state index in [-0.39, 0.29) is 12.1 Å². The van der Waals surface area contributed by atoms with Crippen LogP contribution in [0, 0.1) is 5.92 Å². The number of hydrogen-bond donors (Lipinski definition) is 1. The van der Waals surface area contributed by atoms with E-state index in [1.165, 1.54) is 12.1 Å². The molecule has 3 nitrogen and oxygen atoms in total. The van der Waals surface area contributed by atoms with Crippen molar-refractivity contribution in [3.05, 3.63) is 29.3 Å². The van der Waals surface area contributed by atoms with Gasteiger partial charge in [-0.05, 0) is 36.5 Å². The zero-order chi connectivity index (χ0) is 15.5. The molecule has 0 atom stereocenters. The van der Waals surface area contributed by atoms with Crippen molar-refractivity contribution in [3.8, 4) is 0 Å². The van der Waals surface area contributed by atoms with Gasteiger partial charge in [0.05, 0.1) is 5.56 Å². The van der Waals surface area contributed by atoms with Gasteiger partial charge in [-0.3, -0.25) is 0 Å². The maximum Gasteiger partial charge on any atom is 0.416 e. The lowest BCUT2D eigenvalue weighted by Gasteiger charge is -2.33. The molecule has 0 saturated carbocycles. The van der Waals surface area contributed by atoms with Gasteiger partial charge >= 0.3 is 6.18 Å². The number of anilines is 1. The number of alkyl halides is 3. The highest BCUT2D eigenvalue weighted by atomic mass is 19.4. The Balaban J connectivity index is 2.15. The van der Waals surface area contributed by atoms with Gasteiger partial charge in [0.1, 0.15) is 0 Å². The minimum absolute atomic E-state index is 0.106. The fourth-order valence-electron chi connectivity index (χ4n) is 2.80. The smallest absolute Gasteiger partial charge is 0.384 e. The number of benzene rings is 1. The first-order valence-electron chi connectivity index (χ1n) is 7.09. The van der Waals surface area contributed by atoms with Gasteiger partial charge in [-0.15, -0.1) is 0 Å². The molecule has 6 heteroatoms. The van der Waals surface area contributed by atoms with Crippen LogP contribution in [0.15, 0.2) is 18.2 Å². The van der Waals surface area contributed by atoms with Crippen molar-refractivity contribution in [2.45, 2.75) is 25.6 Å². The largest absolute Gasteiger partial charge is 0.416 e. The summed E-state index contributed by atoms with van der Waals surface area (Å²) in [6, 6.07) is 4.44. The van der Waals surface area contributed by atoms with Crippen molar-refractivity contribution in [2.75, 3.05) is 31.7 Å². The number of halogens is 3. The molecule has 0 unspecified atom stereocenters. The van der Waals surface area contributed by atoms with Crippen LogP contribution >= 0.6 is 0 Å². The second-order valence-corrected chi connectivity index (χ2v) is 5.43. The average molecular weight is 302 g/mol. The van der Waals surface area contributed by atoms with Crippen molar-refractivity contribution in [1.29, 1.82) is 0 Å². The molecule has 0 radical (unpaired) electrons. The Morgan fingerprint density at radius 2 is 1.95 bits per heavy atom. The van der Waals surface area contributed by atoms with Crippen molar-refractivity contribution >= 4 is 5.69 Å². The van der Waals surface area contributed by atoms with Crippen LogP contribution in [0.25, 0.3) is 0 Å². The fraction of sp³-hybridized carbons (Fsp3) is 0.600. The summed E-state index contributed by atoms with van der Waals surface area (Å²) < 4.78 is 44.3. The molecular weight excluding hydrogens is 281 g/mol. The molecule has 1 aliphatic rings. The first-order valence-corrected chi connectivity index (χ1v) is 7.09. The molecule has 0 bridgehead atoms. The molecule has 1 aromatic rings. The zero-order valence-electron chi connectivity index (χ0n) is 12.1. The molecule has 0 spiro atoms. The van der Waals surface area contributed by atoms with Crippen LogP contribution in [0.4, 0.5) is 18.9 Å². The number of methoxy groups -OCH3 is 1. The van der Waals surface area contributed by atoms with Gasteiger partial charge in [0.15, 0.2) is 0 Å². The Kier molecular flexibility index (Phi) is 5.11. The first-order chi connectivity index (χ1) is 9.95. The Hall–Kier alpha value is -1.27. The molecule has 21 heavy (non-hydrogen) atoms. The molecule has 0 amide bonds. The lowest BCUT2D eigenvalue weighted by atomic mass is 9.96. The van der Waals surface area contributed by atoms with E-state index in [0.717, 1.165) is 25.9 Å². The Morgan fingerprint density at radius 1 is 1.29 bits per heavy atom. The molecule has 0 aromatic heterocycles. The molecule has 1 saturated heterocycles. The highest BCUT2D eigenvalue weighted by molar-refractivity contribution is 5.52. The normalized spacial score (nSPS) is 17.3. The molecule has 1 heterocycles. The van der Waals surface area contributed by atoms with Gasteiger partial charge in [0.25, 0.3) is 0 Å². The quantitative estimate of drug-likeness (QED) is 0.929. The van der Waals surface area contributed by atoms with Crippen LogP contribution in [0.1, 0.15) is 24.0 Å². The Bertz CT molecular complexity index is 468. The molecule has 2 rings (SSSR count). The van der Waals surface area contributed by atoms with E-state index in [9.17, 15) is 13.2 Å². The van der Waals surface area contributed by atoms with Gasteiger partial charge in [-0.1, -0.05) is 6.07 Å². The number of nitrogens with two attached hydrogens (primary N) is 1. The predicted molar refractivity (Wildman–Crippen MR) is 76.1 cm³/mol. The summed E-state index contributed by atoms with van der Waals surface area (Å²) in [5, 5.41) is 0. The maximum atomic E-state index is 13.1. The van der Waals surface area contributed by atoms with Crippen LogP contribution in [0.2, 0.25) is 0 Å². The summed E-state index contributed by atoms with van der Waals surface area (Å²) in [6.07, 6.45) is -2.49. The second kappa shape index (κ2) is 6.66. The lowest BCUT2D eigenvalue weighted by Crippen LogP contribution is -2.35. The molecule has 1 aromatic carbocycles. The summed E-state index contributed by atoms with van der Waals surface area (Å²) in [7, 11) is 1.67. The summed E-state index contributed by atoms with van der Waals surface area (Å²) in [5.41, 5.74) is 5.54. The predicted octanol–water partition coefficient (Wildman–Crippen LogP) is 3.03. The van der Waals surface area contributed by atoms with Crippen LogP contribution in [-0.4, -0.2) is 26.8 Å². The minimum Gasteiger partial charge on any atom is -0.384 e. The summed E-state index contributed by atoms with van der Waals surface area (Å²) in [6.45, 7) is 2.12. The van der Waals surface area contributed by atoms with Gasteiger partial charge in [-0.2, -0.15) is 13.2 Å². The highest BCUT2D eigenvalue weighted by Crippen LogP contribution is 2.35. The highest BCUT2D eigenvalue weighted by Gasteiger charge is 2.33. The molecular formula is C15H21F3N2O. The SMILES string of the molecule is COCC1CCN(c2ccc(CN)c(C(F)(F)F)c2)CC1. The van der Waals surface area contributed by atoms with Gasteiger partial charge < -0.3 is 15.4 Å². The Morgan fingerprint density at radius 3 is 2.48 bits per heavy atom. The van der Waals surface area contributed by atoms with Crippen LogP contribution < -0.4 is 10.6 Å². The van der Waals surface area contributed by atoms with Gasteiger partial charge in [0, 0.05) is 39.0 Å². The molecule has 1 aliphatic heterocycles. The molecule has 2 N–H and O–H groups in total. The number of ether oxygens (including phenoxy) is 1. The molecule has 118 valence electrons. The van der Waals surface area contributed by atoms with E-state index in [1.54, 1.807) is 13.2 Å². The lowest BCUT2D eigenvalue weighted by molar-refractivity contribution is -0.138. The standard InChI is InChI=1S/C15H21F3N2O/c1-21-10-11-4-6-20(7-5-11)13-3-2-12(9-19)14(8-13)15(16,17)18/h2-3,8,11H,4-7,9-10,19H2,1H3. The van der Waals surface area contributed by atoms with E-state index < -0.39 is 11.7 Å². The first kappa shape index (κ1) is 16.1. The van der Waals surface area contributed by atoms with E-state index in [4.69, 9.17) is 10.5 Å². The van der Waals surface area contributed by atoms with Gasteiger partial charge in [0.2, 0.25) is 0 Å².